The van der Waals surface area contributed by atoms with Gasteiger partial charge in [-0.1, -0.05) is 12.8 Å². The van der Waals surface area contributed by atoms with Crippen molar-refractivity contribution < 1.29 is 9.47 Å². The van der Waals surface area contributed by atoms with Gasteiger partial charge in [-0.3, -0.25) is 0 Å². The van der Waals surface area contributed by atoms with Gasteiger partial charge in [-0.15, -0.1) is 0 Å². The maximum atomic E-state index is 5.80. The molecule has 3 heteroatoms. The van der Waals surface area contributed by atoms with Gasteiger partial charge in [0.1, 0.15) is 0 Å². The van der Waals surface area contributed by atoms with Crippen molar-refractivity contribution in [1.82, 2.24) is 5.32 Å². The predicted octanol–water partition coefficient (Wildman–Crippen LogP) is 1.96. The van der Waals surface area contributed by atoms with E-state index in [0.717, 1.165) is 38.8 Å². The van der Waals surface area contributed by atoms with E-state index in [1.54, 1.807) is 0 Å². The van der Waals surface area contributed by atoms with Crippen molar-refractivity contribution in [1.29, 1.82) is 0 Å². The number of hydrogen-bond acceptors (Lipinski definition) is 3. The Hall–Kier alpha value is -0.120. The fourth-order valence-corrected chi connectivity index (χ4v) is 2.63. The van der Waals surface area contributed by atoms with Crippen LogP contribution in [0.5, 0.6) is 0 Å². The fraction of sp³-hybridized carbons (Fsp3) is 1.00. The summed E-state index contributed by atoms with van der Waals surface area (Å²) >= 11 is 0. The maximum absolute atomic E-state index is 5.80. The van der Waals surface area contributed by atoms with Gasteiger partial charge in [-0.05, 0) is 31.6 Å². The van der Waals surface area contributed by atoms with Gasteiger partial charge in [0.2, 0.25) is 0 Å². The Morgan fingerprint density at radius 1 is 1.12 bits per heavy atom. The van der Waals surface area contributed by atoms with E-state index in [4.69, 9.17) is 9.47 Å². The highest BCUT2D eigenvalue weighted by Gasteiger charge is 2.15. The van der Waals surface area contributed by atoms with Gasteiger partial charge < -0.3 is 14.8 Å². The molecule has 0 amide bonds. The zero-order chi connectivity index (χ0) is 11.1. The molecule has 1 unspecified atom stereocenters. The van der Waals surface area contributed by atoms with Crippen molar-refractivity contribution in [2.24, 2.45) is 5.92 Å². The maximum Gasteiger partial charge on any atom is 0.0594 e. The van der Waals surface area contributed by atoms with Crippen LogP contribution in [0.2, 0.25) is 0 Å². The van der Waals surface area contributed by atoms with Crippen molar-refractivity contribution in [2.45, 2.75) is 44.6 Å². The molecular formula is C13H25NO2. The highest BCUT2D eigenvalue weighted by Crippen LogP contribution is 2.20. The third kappa shape index (κ3) is 4.40. The van der Waals surface area contributed by atoms with Gasteiger partial charge in [0.25, 0.3) is 0 Å². The molecule has 16 heavy (non-hydrogen) atoms. The summed E-state index contributed by atoms with van der Waals surface area (Å²) < 4.78 is 11.2. The molecule has 0 aromatic carbocycles. The fourth-order valence-electron chi connectivity index (χ4n) is 2.63. The van der Waals surface area contributed by atoms with Crippen molar-refractivity contribution in [3.05, 3.63) is 0 Å². The van der Waals surface area contributed by atoms with Crippen molar-refractivity contribution in [2.75, 3.05) is 32.9 Å². The average molecular weight is 227 g/mol. The molecule has 0 bridgehead atoms. The van der Waals surface area contributed by atoms with Crippen LogP contribution in [0.1, 0.15) is 38.5 Å². The van der Waals surface area contributed by atoms with Crippen LogP contribution in [-0.2, 0) is 9.47 Å². The molecule has 1 saturated heterocycles. The lowest BCUT2D eigenvalue weighted by atomic mass is 10.0. The van der Waals surface area contributed by atoms with E-state index in [-0.39, 0.29) is 0 Å². The highest BCUT2D eigenvalue weighted by atomic mass is 16.5. The summed E-state index contributed by atoms with van der Waals surface area (Å²) in [7, 11) is 0. The third-order valence-corrected chi connectivity index (χ3v) is 3.62. The van der Waals surface area contributed by atoms with Crippen molar-refractivity contribution in [3.63, 3.8) is 0 Å². The van der Waals surface area contributed by atoms with E-state index in [9.17, 15) is 0 Å². The largest absolute Gasteiger partial charge is 0.381 e. The van der Waals surface area contributed by atoms with Crippen molar-refractivity contribution in [3.8, 4) is 0 Å². The molecule has 0 spiro atoms. The molecule has 2 rings (SSSR count). The van der Waals surface area contributed by atoms with Gasteiger partial charge in [0, 0.05) is 19.7 Å². The van der Waals surface area contributed by atoms with E-state index in [1.165, 1.54) is 38.5 Å². The molecule has 1 heterocycles. The van der Waals surface area contributed by atoms with Gasteiger partial charge in [-0.2, -0.15) is 0 Å². The Morgan fingerprint density at radius 3 is 2.75 bits per heavy atom. The zero-order valence-corrected chi connectivity index (χ0v) is 10.2. The SMILES string of the molecule is C1COCC(CNCCOC2CCCC2)C1. The summed E-state index contributed by atoms with van der Waals surface area (Å²) in [4.78, 5) is 0. The lowest BCUT2D eigenvalue weighted by Crippen LogP contribution is -2.31. The summed E-state index contributed by atoms with van der Waals surface area (Å²) in [5.41, 5.74) is 0. The molecule has 2 aliphatic rings. The topological polar surface area (TPSA) is 30.5 Å². The van der Waals surface area contributed by atoms with E-state index in [2.05, 4.69) is 5.32 Å². The van der Waals surface area contributed by atoms with E-state index in [0.29, 0.717) is 6.10 Å². The van der Waals surface area contributed by atoms with E-state index in [1.807, 2.05) is 0 Å². The second-order valence-electron chi connectivity index (χ2n) is 5.06. The molecular weight excluding hydrogens is 202 g/mol. The normalized spacial score (nSPS) is 27.4. The summed E-state index contributed by atoms with van der Waals surface area (Å²) in [6.45, 7) is 4.86. The Morgan fingerprint density at radius 2 is 2.00 bits per heavy atom. The van der Waals surface area contributed by atoms with Crippen molar-refractivity contribution >= 4 is 0 Å². The van der Waals surface area contributed by atoms with Gasteiger partial charge in [0.15, 0.2) is 0 Å². The second kappa shape index (κ2) is 7.25. The summed E-state index contributed by atoms with van der Waals surface area (Å²) in [6, 6.07) is 0. The average Bonchev–Trinajstić information content (AvgIpc) is 2.83. The van der Waals surface area contributed by atoms with Gasteiger partial charge in [0.05, 0.1) is 19.3 Å². The monoisotopic (exact) mass is 227 g/mol. The summed E-state index contributed by atoms with van der Waals surface area (Å²) in [6.07, 6.45) is 8.36. The molecule has 0 aromatic heterocycles. The van der Waals surface area contributed by atoms with Crippen LogP contribution < -0.4 is 5.32 Å². The Kier molecular flexibility index (Phi) is 5.59. The van der Waals surface area contributed by atoms with Crippen LogP contribution in [-0.4, -0.2) is 39.0 Å². The molecule has 0 radical (unpaired) electrons. The number of ether oxygens (including phenoxy) is 2. The van der Waals surface area contributed by atoms with Gasteiger partial charge in [-0.25, -0.2) is 0 Å². The van der Waals surface area contributed by atoms with Crippen LogP contribution in [0.4, 0.5) is 0 Å². The van der Waals surface area contributed by atoms with Gasteiger partial charge >= 0.3 is 0 Å². The first-order valence-corrected chi connectivity index (χ1v) is 6.85. The summed E-state index contributed by atoms with van der Waals surface area (Å²) in [5, 5.41) is 3.47. The second-order valence-corrected chi connectivity index (χ2v) is 5.06. The lowest BCUT2D eigenvalue weighted by molar-refractivity contribution is 0.0469. The number of hydrogen-bond donors (Lipinski definition) is 1. The van der Waals surface area contributed by atoms with Crippen LogP contribution in [0, 0.1) is 5.92 Å². The lowest BCUT2D eigenvalue weighted by Gasteiger charge is -2.22. The first-order valence-electron chi connectivity index (χ1n) is 6.85. The molecule has 1 aliphatic heterocycles. The first-order chi connectivity index (χ1) is 7.95. The third-order valence-electron chi connectivity index (χ3n) is 3.62. The Bertz CT molecular complexity index is 175. The van der Waals surface area contributed by atoms with Crippen LogP contribution in [0.15, 0.2) is 0 Å². The van der Waals surface area contributed by atoms with E-state index >= 15 is 0 Å². The predicted molar refractivity (Wildman–Crippen MR) is 64.6 cm³/mol. The standard InChI is InChI=1S/C13H25NO2/c1-2-6-13(5-1)16-9-7-14-10-12-4-3-8-15-11-12/h12-14H,1-11H2. The molecule has 2 fully saturated rings. The molecule has 3 nitrogen and oxygen atoms in total. The Labute approximate surface area is 98.9 Å². The smallest absolute Gasteiger partial charge is 0.0594 e. The van der Waals surface area contributed by atoms with Crippen LogP contribution in [0.25, 0.3) is 0 Å². The minimum absolute atomic E-state index is 0.555. The molecule has 1 aliphatic carbocycles. The quantitative estimate of drug-likeness (QED) is 0.704. The molecule has 1 atom stereocenters. The van der Waals surface area contributed by atoms with E-state index < -0.39 is 0 Å². The van der Waals surface area contributed by atoms with Crippen LogP contribution in [0.3, 0.4) is 0 Å². The van der Waals surface area contributed by atoms with Crippen LogP contribution >= 0.6 is 0 Å². The Balaban J connectivity index is 1.42. The molecule has 94 valence electrons. The molecule has 1 saturated carbocycles. The minimum atomic E-state index is 0.555. The number of nitrogens with one attached hydrogen (secondary N) is 1. The molecule has 1 N–H and O–H groups in total. The highest BCUT2D eigenvalue weighted by molar-refractivity contribution is 4.68. The number of rotatable bonds is 6. The minimum Gasteiger partial charge on any atom is -0.381 e. The summed E-state index contributed by atoms with van der Waals surface area (Å²) in [5.74, 6) is 0.722. The first kappa shape index (κ1) is 12.3. The zero-order valence-electron chi connectivity index (χ0n) is 10.2. The molecule has 0 aromatic rings.